The van der Waals surface area contributed by atoms with E-state index in [9.17, 15) is 14.0 Å². The van der Waals surface area contributed by atoms with Crippen LogP contribution < -0.4 is 0 Å². The van der Waals surface area contributed by atoms with Gasteiger partial charge in [-0.1, -0.05) is 12.1 Å². The van der Waals surface area contributed by atoms with Gasteiger partial charge in [0, 0.05) is 25.6 Å². The molecule has 6 heteroatoms. The molecule has 3 aliphatic rings. The van der Waals surface area contributed by atoms with Crippen molar-refractivity contribution in [3.05, 3.63) is 35.6 Å². The van der Waals surface area contributed by atoms with E-state index < -0.39 is 0 Å². The fraction of sp³-hybridized carbons (Fsp3) is 0.556. The van der Waals surface area contributed by atoms with Crippen LogP contribution in [0.2, 0.25) is 0 Å². The summed E-state index contributed by atoms with van der Waals surface area (Å²) in [6.07, 6.45) is 2.13. The summed E-state index contributed by atoms with van der Waals surface area (Å²) in [5.41, 5.74) is 0.745. The van der Waals surface area contributed by atoms with Gasteiger partial charge in [-0.2, -0.15) is 0 Å². The fourth-order valence-electron chi connectivity index (χ4n) is 3.65. The number of hydrogen-bond acceptors (Lipinski definition) is 3. The predicted octanol–water partition coefficient (Wildman–Crippen LogP) is 1.74. The van der Waals surface area contributed by atoms with Crippen LogP contribution in [0.4, 0.5) is 4.39 Å². The zero-order valence-electron chi connectivity index (χ0n) is 13.5. The van der Waals surface area contributed by atoms with Crippen molar-refractivity contribution in [1.82, 2.24) is 9.80 Å². The van der Waals surface area contributed by atoms with Crippen molar-refractivity contribution in [2.75, 3.05) is 26.2 Å². The third-order valence-electron chi connectivity index (χ3n) is 5.09. The normalized spacial score (nSPS) is 27.6. The van der Waals surface area contributed by atoms with E-state index in [1.165, 1.54) is 12.1 Å². The van der Waals surface area contributed by atoms with Crippen LogP contribution >= 0.6 is 0 Å². The smallest absolute Gasteiger partial charge is 0.228 e. The van der Waals surface area contributed by atoms with Crippen molar-refractivity contribution in [1.29, 1.82) is 0 Å². The molecule has 128 valence electrons. The van der Waals surface area contributed by atoms with E-state index in [2.05, 4.69) is 0 Å². The molecule has 2 unspecified atom stereocenters. The minimum Gasteiger partial charge on any atom is -0.370 e. The predicted molar refractivity (Wildman–Crippen MR) is 84.5 cm³/mol. The number of hydrogen-bond donors (Lipinski definition) is 0. The summed E-state index contributed by atoms with van der Waals surface area (Å²) in [6, 6.07) is 6.67. The summed E-state index contributed by atoms with van der Waals surface area (Å²) in [5.74, 6) is -0.424. The summed E-state index contributed by atoms with van der Waals surface area (Å²) >= 11 is 0. The van der Waals surface area contributed by atoms with Gasteiger partial charge < -0.3 is 14.5 Å². The molecule has 0 aromatic heterocycles. The topological polar surface area (TPSA) is 49.9 Å². The molecule has 5 nitrogen and oxygen atoms in total. The van der Waals surface area contributed by atoms with Crippen molar-refractivity contribution >= 4 is 11.8 Å². The number of benzene rings is 1. The van der Waals surface area contributed by atoms with Crippen LogP contribution in [0.5, 0.6) is 0 Å². The molecule has 1 aromatic rings. The van der Waals surface area contributed by atoms with Crippen molar-refractivity contribution in [2.45, 2.75) is 31.4 Å². The highest BCUT2D eigenvalue weighted by atomic mass is 19.1. The number of halogens is 1. The standard InChI is InChI=1S/C18H21FN2O3/c19-14-3-1-2-12(8-14)16-11-20(6-7-24-16)18(23)13-9-17(22)21(10-13)15-4-5-15/h1-3,8,13,15-16H,4-7,9-11H2. The maximum Gasteiger partial charge on any atom is 0.228 e. The largest absolute Gasteiger partial charge is 0.370 e. The molecule has 4 rings (SSSR count). The van der Waals surface area contributed by atoms with E-state index in [-0.39, 0.29) is 29.7 Å². The van der Waals surface area contributed by atoms with Crippen LogP contribution in [0.3, 0.4) is 0 Å². The van der Waals surface area contributed by atoms with Gasteiger partial charge in [-0.25, -0.2) is 4.39 Å². The summed E-state index contributed by atoms with van der Waals surface area (Å²) in [4.78, 5) is 28.5. The highest BCUT2D eigenvalue weighted by Crippen LogP contribution is 2.33. The third-order valence-corrected chi connectivity index (χ3v) is 5.09. The number of morpholine rings is 1. The Balaban J connectivity index is 1.42. The van der Waals surface area contributed by atoms with Gasteiger partial charge in [0.1, 0.15) is 11.9 Å². The number of likely N-dealkylation sites (tertiary alicyclic amines) is 1. The van der Waals surface area contributed by atoms with Gasteiger partial charge in [-0.15, -0.1) is 0 Å². The Bertz CT molecular complexity index is 661. The molecule has 2 atom stereocenters. The molecule has 0 bridgehead atoms. The maximum absolute atomic E-state index is 13.4. The van der Waals surface area contributed by atoms with Crippen LogP contribution in [0.25, 0.3) is 0 Å². The van der Waals surface area contributed by atoms with Gasteiger partial charge in [0.05, 0.1) is 19.1 Å². The second-order valence-electron chi connectivity index (χ2n) is 6.88. The van der Waals surface area contributed by atoms with Gasteiger partial charge >= 0.3 is 0 Å². The third kappa shape index (κ3) is 3.02. The Hall–Kier alpha value is -1.95. The van der Waals surface area contributed by atoms with Crippen LogP contribution in [-0.2, 0) is 14.3 Å². The second-order valence-corrected chi connectivity index (χ2v) is 6.88. The van der Waals surface area contributed by atoms with Crippen molar-refractivity contribution in [2.24, 2.45) is 5.92 Å². The van der Waals surface area contributed by atoms with Crippen LogP contribution in [-0.4, -0.2) is 53.9 Å². The maximum atomic E-state index is 13.4. The summed E-state index contributed by atoms with van der Waals surface area (Å²) in [7, 11) is 0. The van der Waals surface area contributed by atoms with E-state index in [0.717, 1.165) is 18.4 Å². The Labute approximate surface area is 140 Å². The molecule has 3 fully saturated rings. The second kappa shape index (κ2) is 6.16. The van der Waals surface area contributed by atoms with Gasteiger partial charge in [-0.05, 0) is 30.5 Å². The van der Waals surface area contributed by atoms with Crippen molar-refractivity contribution in [3.63, 3.8) is 0 Å². The number of carbonyl (C=O) groups excluding carboxylic acids is 2. The number of ether oxygens (including phenoxy) is 1. The monoisotopic (exact) mass is 332 g/mol. The van der Waals surface area contributed by atoms with Gasteiger partial charge in [0.2, 0.25) is 11.8 Å². The first-order chi connectivity index (χ1) is 11.6. The minimum absolute atomic E-state index is 0.0243. The lowest BCUT2D eigenvalue weighted by atomic mass is 10.0. The number of rotatable bonds is 3. The number of amides is 2. The van der Waals surface area contributed by atoms with Gasteiger partial charge in [0.25, 0.3) is 0 Å². The summed E-state index contributed by atoms with van der Waals surface area (Å²) < 4.78 is 19.1. The molecule has 0 N–H and O–H groups in total. The van der Waals surface area contributed by atoms with Crippen LogP contribution in [0.1, 0.15) is 30.9 Å². The lowest BCUT2D eigenvalue weighted by molar-refractivity contribution is -0.143. The number of nitrogens with zero attached hydrogens (tertiary/aromatic N) is 2. The zero-order valence-corrected chi connectivity index (χ0v) is 13.5. The molecule has 2 heterocycles. The molecular weight excluding hydrogens is 311 g/mol. The van der Waals surface area contributed by atoms with E-state index in [4.69, 9.17) is 4.74 Å². The Kier molecular flexibility index (Phi) is 4.00. The van der Waals surface area contributed by atoms with Crippen molar-refractivity contribution in [3.8, 4) is 0 Å². The Morgan fingerprint density at radius 3 is 2.83 bits per heavy atom. The summed E-state index contributed by atoms with van der Waals surface area (Å²) in [6.45, 7) is 1.92. The molecule has 2 aliphatic heterocycles. The lowest BCUT2D eigenvalue weighted by Crippen LogP contribution is -2.45. The lowest BCUT2D eigenvalue weighted by Gasteiger charge is -2.34. The minimum atomic E-state index is -0.310. The van der Waals surface area contributed by atoms with E-state index >= 15 is 0 Å². The first-order valence-electron chi connectivity index (χ1n) is 8.57. The summed E-state index contributed by atoms with van der Waals surface area (Å²) in [5, 5.41) is 0. The van der Waals surface area contributed by atoms with Crippen LogP contribution in [0, 0.1) is 11.7 Å². The Morgan fingerprint density at radius 1 is 1.25 bits per heavy atom. The molecule has 1 aliphatic carbocycles. The van der Waals surface area contributed by atoms with Crippen molar-refractivity contribution < 1.29 is 18.7 Å². The first-order valence-corrected chi connectivity index (χ1v) is 8.57. The molecule has 1 saturated carbocycles. The fourth-order valence-corrected chi connectivity index (χ4v) is 3.65. The van der Waals surface area contributed by atoms with Crippen LogP contribution in [0.15, 0.2) is 24.3 Å². The molecule has 2 saturated heterocycles. The highest BCUT2D eigenvalue weighted by Gasteiger charge is 2.43. The van der Waals surface area contributed by atoms with E-state index in [1.54, 1.807) is 11.0 Å². The van der Waals surface area contributed by atoms with Gasteiger partial charge in [0.15, 0.2) is 0 Å². The zero-order chi connectivity index (χ0) is 16.7. The molecule has 2 amide bonds. The number of carbonyl (C=O) groups is 2. The average molecular weight is 332 g/mol. The van der Waals surface area contributed by atoms with E-state index in [1.807, 2.05) is 11.0 Å². The molecular formula is C18H21FN2O3. The molecule has 24 heavy (non-hydrogen) atoms. The molecule has 0 spiro atoms. The first kappa shape index (κ1) is 15.6. The molecule has 0 radical (unpaired) electrons. The SMILES string of the molecule is O=C(C1CC(=O)N(C2CC2)C1)N1CCOC(c2cccc(F)c2)C1. The molecule has 1 aromatic carbocycles. The average Bonchev–Trinajstić information content (AvgIpc) is 3.36. The Morgan fingerprint density at radius 2 is 2.08 bits per heavy atom. The van der Waals surface area contributed by atoms with E-state index in [0.29, 0.717) is 38.7 Å². The highest BCUT2D eigenvalue weighted by molar-refractivity contribution is 5.89. The quantitative estimate of drug-likeness (QED) is 0.847. The van der Waals surface area contributed by atoms with Gasteiger partial charge in [-0.3, -0.25) is 9.59 Å².